The number of halogens is 9. The first-order chi connectivity index (χ1) is 10.3. The Labute approximate surface area is 128 Å². The summed E-state index contributed by atoms with van der Waals surface area (Å²) in [5.74, 6) is -13.6. The van der Waals surface area contributed by atoms with Crippen molar-refractivity contribution in [2.75, 3.05) is 0 Å². The fourth-order valence-corrected chi connectivity index (χ4v) is 2.35. The van der Waals surface area contributed by atoms with Crippen LogP contribution in [0.1, 0.15) is 5.56 Å². The molecular weight excluding hydrogens is 361 g/mol. The van der Waals surface area contributed by atoms with Crippen LogP contribution in [0.2, 0.25) is 0 Å². The van der Waals surface area contributed by atoms with Crippen LogP contribution in [0.25, 0.3) is 0 Å². The topological polar surface area (TPSA) is 23.8 Å². The average Bonchev–Trinajstić information content (AvgIpc) is 2.39. The first-order valence-electron chi connectivity index (χ1n) is 5.62. The number of hydrogen-bond donors (Lipinski definition) is 0. The van der Waals surface area contributed by atoms with Gasteiger partial charge < -0.3 is 0 Å². The van der Waals surface area contributed by atoms with Crippen molar-refractivity contribution in [3.05, 3.63) is 29.8 Å². The standard InChI is InChI=1S/C12H6F9NS/c13-9(14,11(17,18)19)10(15,16)12(20,21)23-8-4-2-1-3-7(8)5-6-22/h1-4H,5H2. The SMILES string of the molecule is N#CCc1ccccc1SC(F)(F)C(F)(F)C(F)(F)C(F)(F)F. The molecular formula is C12H6F9NS. The van der Waals surface area contributed by atoms with Gasteiger partial charge in [-0.25, -0.2) is 0 Å². The molecule has 0 spiro atoms. The molecule has 0 unspecified atom stereocenters. The van der Waals surface area contributed by atoms with Crippen molar-refractivity contribution in [2.24, 2.45) is 0 Å². The largest absolute Gasteiger partial charge is 0.460 e. The van der Waals surface area contributed by atoms with Crippen molar-refractivity contribution >= 4 is 11.8 Å². The molecule has 0 heterocycles. The quantitative estimate of drug-likeness (QED) is 0.523. The van der Waals surface area contributed by atoms with E-state index in [1.54, 1.807) is 0 Å². The highest BCUT2D eigenvalue weighted by Gasteiger charge is 2.82. The van der Waals surface area contributed by atoms with Gasteiger partial charge in [0.15, 0.2) is 0 Å². The number of rotatable bonds is 5. The van der Waals surface area contributed by atoms with Gasteiger partial charge in [0.1, 0.15) is 0 Å². The van der Waals surface area contributed by atoms with E-state index >= 15 is 0 Å². The minimum absolute atomic E-state index is 0.203. The molecule has 23 heavy (non-hydrogen) atoms. The Bertz CT molecular complexity index is 603. The number of thioether (sulfide) groups is 1. The molecule has 0 aliphatic heterocycles. The minimum Gasteiger partial charge on any atom is -0.198 e. The molecule has 1 aromatic rings. The normalized spacial score (nSPS) is 13.7. The molecule has 0 radical (unpaired) electrons. The molecule has 128 valence electrons. The number of hydrogen-bond acceptors (Lipinski definition) is 2. The molecule has 0 saturated heterocycles. The van der Waals surface area contributed by atoms with Gasteiger partial charge in [-0.3, -0.25) is 0 Å². The lowest BCUT2D eigenvalue weighted by molar-refractivity contribution is -0.381. The van der Waals surface area contributed by atoms with E-state index in [2.05, 4.69) is 0 Å². The van der Waals surface area contributed by atoms with Gasteiger partial charge in [0.2, 0.25) is 0 Å². The predicted molar refractivity (Wildman–Crippen MR) is 62.5 cm³/mol. The summed E-state index contributed by atoms with van der Waals surface area (Å²) in [7, 11) is 0. The lowest BCUT2D eigenvalue weighted by Crippen LogP contribution is -2.59. The van der Waals surface area contributed by atoms with Crippen LogP contribution in [0.4, 0.5) is 39.5 Å². The van der Waals surface area contributed by atoms with E-state index < -0.39 is 46.4 Å². The molecule has 0 bridgehead atoms. The Morgan fingerprint density at radius 3 is 1.87 bits per heavy atom. The van der Waals surface area contributed by atoms with Crippen LogP contribution in [-0.2, 0) is 6.42 Å². The van der Waals surface area contributed by atoms with E-state index in [-0.39, 0.29) is 5.56 Å². The van der Waals surface area contributed by atoms with Crippen molar-refractivity contribution in [3.8, 4) is 6.07 Å². The third kappa shape index (κ3) is 3.52. The van der Waals surface area contributed by atoms with Crippen molar-refractivity contribution < 1.29 is 39.5 Å². The second-order valence-corrected chi connectivity index (χ2v) is 5.36. The van der Waals surface area contributed by atoms with Crippen LogP contribution in [-0.4, -0.2) is 23.3 Å². The van der Waals surface area contributed by atoms with Crippen LogP contribution in [0.3, 0.4) is 0 Å². The van der Waals surface area contributed by atoms with E-state index in [1.165, 1.54) is 12.1 Å². The van der Waals surface area contributed by atoms with E-state index in [1.807, 2.05) is 0 Å². The minimum atomic E-state index is -6.93. The third-order valence-corrected chi connectivity index (χ3v) is 3.73. The van der Waals surface area contributed by atoms with Crippen LogP contribution in [0, 0.1) is 11.3 Å². The van der Waals surface area contributed by atoms with Gasteiger partial charge in [-0.1, -0.05) is 18.2 Å². The Balaban J connectivity index is 3.24. The van der Waals surface area contributed by atoms with Gasteiger partial charge in [0.25, 0.3) is 0 Å². The number of alkyl halides is 9. The molecule has 1 nitrogen and oxygen atoms in total. The molecule has 11 heteroatoms. The van der Waals surface area contributed by atoms with Gasteiger partial charge in [-0.05, 0) is 23.4 Å². The summed E-state index contributed by atoms with van der Waals surface area (Å²) < 4.78 is 115. The zero-order chi connectivity index (χ0) is 18.1. The molecule has 0 aliphatic rings. The summed E-state index contributed by atoms with van der Waals surface area (Å²) in [5, 5.41) is 2.71. The Morgan fingerprint density at radius 2 is 1.39 bits per heavy atom. The van der Waals surface area contributed by atoms with Crippen molar-refractivity contribution in [2.45, 2.75) is 34.6 Å². The van der Waals surface area contributed by atoms with E-state index in [4.69, 9.17) is 5.26 Å². The molecule has 1 rings (SSSR count). The zero-order valence-electron chi connectivity index (χ0n) is 10.8. The molecule has 0 amide bonds. The van der Waals surface area contributed by atoms with Crippen molar-refractivity contribution in [1.29, 1.82) is 5.26 Å². The number of nitriles is 1. The zero-order valence-corrected chi connectivity index (χ0v) is 11.6. The monoisotopic (exact) mass is 367 g/mol. The maximum Gasteiger partial charge on any atom is 0.460 e. The van der Waals surface area contributed by atoms with Crippen molar-refractivity contribution in [3.63, 3.8) is 0 Å². The molecule has 0 N–H and O–H groups in total. The van der Waals surface area contributed by atoms with Crippen LogP contribution in [0.5, 0.6) is 0 Å². The van der Waals surface area contributed by atoms with Crippen LogP contribution in [0.15, 0.2) is 29.2 Å². The summed E-state index contributed by atoms with van der Waals surface area (Å²) in [6, 6.07) is 5.77. The fourth-order valence-electron chi connectivity index (χ4n) is 1.40. The molecule has 1 aromatic carbocycles. The fraction of sp³-hybridized carbons (Fsp3) is 0.417. The predicted octanol–water partition coefficient (Wildman–Crippen LogP) is 5.27. The van der Waals surface area contributed by atoms with E-state index in [9.17, 15) is 39.5 Å². The molecule has 0 saturated carbocycles. The summed E-state index contributed by atoms with van der Waals surface area (Å²) in [6.07, 6.45) is -7.37. The highest BCUT2D eigenvalue weighted by molar-refractivity contribution is 8.00. The molecule has 0 fully saturated rings. The lowest BCUT2D eigenvalue weighted by Gasteiger charge is -2.33. The Morgan fingerprint density at radius 1 is 0.870 bits per heavy atom. The molecule has 0 aliphatic carbocycles. The van der Waals surface area contributed by atoms with E-state index in [0.29, 0.717) is 0 Å². The third-order valence-electron chi connectivity index (χ3n) is 2.60. The molecule has 0 aromatic heterocycles. The van der Waals surface area contributed by atoms with Crippen LogP contribution < -0.4 is 0 Å². The lowest BCUT2D eigenvalue weighted by atomic mass is 10.1. The number of benzene rings is 1. The maximum absolute atomic E-state index is 13.5. The summed E-state index contributed by atoms with van der Waals surface area (Å²) in [6.45, 7) is 0. The van der Waals surface area contributed by atoms with Gasteiger partial charge in [0.05, 0.1) is 12.5 Å². The highest BCUT2D eigenvalue weighted by Crippen LogP contribution is 2.58. The summed E-state index contributed by atoms with van der Waals surface area (Å²) in [5.41, 5.74) is -0.203. The second-order valence-electron chi connectivity index (χ2n) is 4.21. The number of nitrogens with zero attached hydrogens (tertiary/aromatic N) is 1. The van der Waals surface area contributed by atoms with Gasteiger partial charge in [-0.2, -0.15) is 44.8 Å². The summed E-state index contributed by atoms with van der Waals surface area (Å²) >= 11 is -1.15. The van der Waals surface area contributed by atoms with Crippen molar-refractivity contribution in [1.82, 2.24) is 0 Å². The van der Waals surface area contributed by atoms with E-state index in [0.717, 1.165) is 18.2 Å². The first-order valence-corrected chi connectivity index (χ1v) is 6.43. The Kier molecular flexibility index (Phi) is 5.20. The van der Waals surface area contributed by atoms with Gasteiger partial charge in [0, 0.05) is 4.90 Å². The average molecular weight is 367 g/mol. The summed E-state index contributed by atoms with van der Waals surface area (Å²) in [4.78, 5) is -0.698. The van der Waals surface area contributed by atoms with Gasteiger partial charge in [-0.15, -0.1) is 0 Å². The molecule has 0 atom stereocenters. The maximum atomic E-state index is 13.5. The second kappa shape index (κ2) is 6.14. The first kappa shape index (κ1) is 19.5. The smallest absolute Gasteiger partial charge is 0.198 e. The Hall–Kier alpha value is -1.57. The highest BCUT2D eigenvalue weighted by atomic mass is 32.2. The van der Waals surface area contributed by atoms with Crippen LogP contribution >= 0.6 is 11.8 Å². The van der Waals surface area contributed by atoms with Gasteiger partial charge >= 0.3 is 23.3 Å².